The predicted molar refractivity (Wildman–Crippen MR) is 83.8 cm³/mol. The van der Waals surface area contributed by atoms with Crippen molar-refractivity contribution in [2.45, 2.75) is 32.4 Å². The number of nitrogens with one attached hydrogen (secondary N) is 1. The molecule has 0 aromatic heterocycles. The van der Waals surface area contributed by atoms with Gasteiger partial charge in [0, 0.05) is 42.9 Å². The Morgan fingerprint density at radius 1 is 1.47 bits per heavy atom. The summed E-state index contributed by atoms with van der Waals surface area (Å²) in [5, 5.41) is 3.37. The summed E-state index contributed by atoms with van der Waals surface area (Å²) in [4.78, 5) is 2.49. The molecule has 1 aliphatic rings. The average Bonchev–Trinajstić information content (AvgIpc) is 2.82. The van der Waals surface area contributed by atoms with E-state index in [0.717, 1.165) is 19.7 Å². The van der Waals surface area contributed by atoms with Crippen molar-refractivity contribution in [3.05, 3.63) is 28.2 Å². The first-order valence-corrected chi connectivity index (χ1v) is 7.76. The first-order chi connectivity index (χ1) is 9.22. The van der Waals surface area contributed by atoms with Crippen molar-refractivity contribution in [1.82, 2.24) is 5.32 Å². The summed E-state index contributed by atoms with van der Waals surface area (Å²) in [6, 6.07) is 7.36. The highest BCUT2D eigenvalue weighted by molar-refractivity contribution is 9.10. The van der Waals surface area contributed by atoms with Crippen molar-refractivity contribution in [2.24, 2.45) is 0 Å². The van der Waals surface area contributed by atoms with Crippen molar-refractivity contribution >= 4 is 21.6 Å². The van der Waals surface area contributed by atoms with Crippen LogP contribution in [0.2, 0.25) is 0 Å². The van der Waals surface area contributed by atoms with Crippen LogP contribution in [0.1, 0.15) is 25.3 Å². The van der Waals surface area contributed by atoms with Crippen LogP contribution in [0.4, 0.5) is 5.69 Å². The molecule has 0 radical (unpaired) electrons. The molecule has 1 fully saturated rings. The maximum absolute atomic E-state index is 5.03. The van der Waals surface area contributed by atoms with E-state index >= 15 is 0 Å². The number of halogens is 1. The molecule has 1 aromatic rings. The third-order valence-electron chi connectivity index (χ3n) is 3.72. The second kappa shape index (κ2) is 7.27. The Morgan fingerprint density at radius 2 is 2.32 bits per heavy atom. The molecule has 0 spiro atoms. The highest BCUT2D eigenvalue weighted by atomic mass is 79.9. The van der Waals surface area contributed by atoms with E-state index in [9.17, 15) is 0 Å². The van der Waals surface area contributed by atoms with Gasteiger partial charge in [0.15, 0.2) is 0 Å². The van der Waals surface area contributed by atoms with Crippen LogP contribution >= 0.6 is 15.9 Å². The van der Waals surface area contributed by atoms with Crippen molar-refractivity contribution in [3.63, 3.8) is 0 Å². The molecule has 1 unspecified atom stereocenters. The lowest BCUT2D eigenvalue weighted by atomic mass is 10.2. The lowest BCUT2D eigenvalue weighted by Crippen LogP contribution is -2.26. The minimum atomic E-state index is 0.664. The fourth-order valence-electron chi connectivity index (χ4n) is 2.57. The van der Waals surface area contributed by atoms with Crippen LogP contribution in [0, 0.1) is 0 Å². The number of hydrogen-bond donors (Lipinski definition) is 1. The van der Waals surface area contributed by atoms with Crippen LogP contribution in [0.25, 0.3) is 0 Å². The standard InChI is InChI=1S/C15H23BrN2O/c1-12-4-3-8-18(12)14-6-5-13(15(16)10-14)11-17-7-9-19-2/h5-6,10,12,17H,3-4,7-9,11H2,1-2H3. The fourth-order valence-corrected chi connectivity index (χ4v) is 3.08. The van der Waals surface area contributed by atoms with Crippen LogP contribution in [0.3, 0.4) is 0 Å². The molecule has 1 N–H and O–H groups in total. The number of anilines is 1. The summed E-state index contributed by atoms with van der Waals surface area (Å²) >= 11 is 3.69. The third-order valence-corrected chi connectivity index (χ3v) is 4.46. The summed E-state index contributed by atoms with van der Waals surface area (Å²) in [6.07, 6.45) is 2.61. The van der Waals surface area contributed by atoms with Gasteiger partial charge in [-0.15, -0.1) is 0 Å². The second-order valence-electron chi connectivity index (χ2n) is 5.13. The Labute approximate surface area is 124 Å². The Morgan fingerprint density at radius 3 is 2.95 bits per heavy atom. The van der Waals surface area contributed by atoms with Crippen LogP contribution in [-0.2, 0) is 11.3 Å². The summed E-state index contributed by atoms with van der Waals surface area (Å²) in [5.41, 5.74) is 2.63. The number of rotatable bonds is 6. The van der Waals surface area contributed by atoms with E-state index in [1.165, 1.54) is 35.1 Å². The molecule has 1 atom stereocenters. The van der Waals surface area contributed by atoms with Gasteiger partial charge in [-0.2, -0.15) is 0 Å². The maximum atomic E-state index is 5.03. The second-order valence-corrected chi connectivity index (χ2v) is 5.98. The molecule has 19 heavy (non-hydrogen) atoms. The number of benzene rings is 1. The number of ether oxygens (including phenoxy) is 1. The lowest BCUT2D eigenvalue weighted by Gasteiger charge is -2.24. The summed E-state index contributed by atoms with van der Waals surface area (Å²) in [7, 11) is 1.73. The molecule has 4 heteroatoms. The molecule has 0 saturated carbocycles. The summed E-state index contributed by atoms with van der Waals surface area (Å²) in [6.45, 7) is 5.99. The Balaban J connectivity index is 1.96. The average molecular weight is 327 g/mol. The maximum Gasteiger partial charge on any atom is 0.0587 e. The molecular weight excluding hydrogens is 304 g/mol. The summed E-state index contributed by atoms with van der Waals surface area (Å²) < 4.78 is 6.22. The molecule has 0 aliphatic carbocycles. The van der Waals surface area contributed by atoms with Gasteiger partial charge in [-0.1, -0.05) is 22.0 Å². The molecule has 1 heterocycles. The molecule has 0 amide bonds. The van der Waals surface area contributed by atoms with Gasteiger partial charge in [0.1, 0.15) is 0 Å². The predicted octanol–water partition coefficient (Wildman–Crippen LogP) is 3.17. The quantitative estimate of drug-likeness (QED) is 0.812. The zero-order valence-electron chi connectivity index (χ0n) is 11.8. The van der Waals surface area contributed by atoms with Gasteiger partial charge in [0.25, 0.3) is 0 Å². The van der Waals surface area contributed by atoms with Crippen LogP contribution in [-0.4, -0.2) is 32.8 Å². The van der Waals surface area contributed by atoms with Crippen molar-refractivity contribution in [1.29, 1.82) is 0 Å². The molecule has 2 rings (SSSR count). The zero-order chi connectivity index (χ0) is 13.7. The topological polar surface area (TPSA) is 24.5 Å². The van der Waals surface area contributed by atoms with Gasteiger partial charge >= 0.3 is 0 Å². The fraction of sp³-hybridized carbons (Fsp3) is 0.600. The molecule has 1 aliphatic heterocycles. The first-order valence-electron chi connectivity index (χ1n) is 6.97. The lowest BCUT2D eigenvalue weighted by molar-refractivity contribution is 0.199. The SMILES string of the molecule is COCCNCc1ccc(N2CCCC2C)cc1Br. The van der Waals surface area contributed by atoms with E-state index in [2.05, 4.69) is 51.3 Å². The normalized spacial score (nSPS) is 19.1. The summed E-state index contributed by atoms with van der Waals surface area (Å²) in [5.74, 6) is 0. The van der Waals surface area contributed by atoms with Crippen LogP contribution < -0.4 is 10.2 Å². The number of methoxy groups -OCH3 is 1. The van der Waals surface area contributed by atoms with E-state index < -0.39 is 0 Å². The Kier molecular flexibility index (Phi) is 5.67. The van der Waals surface area contributed by atoms with Gasteiger partial charge in [-0.25, -0.2) is 0 Å². The number of hydrogen-bond acceptors (Lipinski definition) is 3. The van der Waals surface area contributed by atoms with Gasteiger partial charge in [-0.05, 0) is 37.5 Å². The zero-order valence-corrected chi connectivity index (χ0v) is 13.4. The van der Waals surface area contributed by atoms with Gasteiger partial charge in [0.05, 0.1) is 6.61 Å². The monoisotopic (exact) mass is 326 g/mol. The number of nitrogens with zero attached hydrogens (tertiary/aromatic N) is 1. The van der Waals surface area contributed by atoms with Crippen molar-refractivity contribution < 1.29 is 4.74 Å². The van der Waals surface area contributed by atoms with Gasteiger partial charge in [-0.3, -0.25) is 0 Å². The van der Waals surface area contributed by atoms with Crippen LogP contribution in [0.5, 0.6) is 0 Å². The molecular formula is C15H23BrN2O. The molecule has 3 nitrogen and oxygen atoms in total. The Hall–Kier alpha value is -0.580. The van der Waals surface area contributed by atoms with E-state index in [1.807, 2.05) is 0 Å². The van der Waals surface area contributed by atoms with Gasteiger partial charge in [0.2, 0.25) is 0 Å². The van der Waals surface area contributed by atoms with E-state index in [-0.39, 0.29) is 0 Å². The third kappa shape index (κ3) is 3.94. The van der Waals surface area contributed by atoms with E-state index in [4.69, 9.17) is 4.74 Å². The molecule has 1 saturated heterocycles. The Bertz CT molecular complexity index is 411. The smallest absolute Gasteiger partial charge is 0.0587 e. The van der Waals surface area contributed by atoms with Crippen molar-refractivity contribution in [3.8, 4) is 0 Å². The minimum Gasteiger partial charge on any atom is -0.383 e. The van der Waals surface area contributed by atoms with Crippen molar-refractivity contribution in [2.75, 3.05) is 31.7 Å². The van der Waals surface area contributed by atoms with Gasteiger partial charge < -0.3 is 15.0 Å². The van der Waals surface area contributed by atoms with E-state index in [0.29, 0.717) is 6.04 Å². The highest BCUT2D eigenvalue weighted by Crippen LogP contribution is 2.29. The molecule has 0 bridgehead atoms. The van der Waals surface area contributed by atoms with E-state index in [1.54, 1.807) is 7.11 Å². The minimum absolute atomic E-state index is 0.664. The first kappa shape index (κ1) is 14.8. The largest absolute Gasteiger partial charge is 0.383 e. The molecule has 106 valence electrons. The van der Waals surface area contributed by atoms with Crippen LogP contribution in [0.15, 0.2) is 22.7 Å². The highest BCUT2D eigenvalue weighted by Gasteiger charge is 2.20. The molecule has 1 aromatic carbocycles.